The van der Waals surface area contributed by atoms with E-state index in [1.807, 2.05) is 79.4 Å². The maximum Gasteiger partial charge on any atom is 0.258 e. The van der Waals surface area contributed by atoms with Crippen molar-refractivity contribution in [2.75, 3.05) is 69.6 Å². The predicted octanol–water partition coefficient (Wildman–Crippen LogP) is 5.20. The minimum absolute atomic E-state index is 0.0222. The van der Waals surface area contributed by atoms with E-state index in [1.54, 1.807) is 0 Å². The van der Waals surface area contributed by atoms with Crippen molar-refractivity contribution >= 4 is 34.0 Å². The first-order valence-corrected chi connectivity index (χ1v) is 16.7. The van der Waals surface area contributed by atoms with Crippen molar-refractivity contribution in [2.45, 2.75) is 26.7 Å². The molecule has 0 radical (unpaired) electrons. The van der Waals surface area contributed by atoms with E-state index in [4.69, 9.17) is 29.7 Å². The first kappa shape index (κ1) is 34.2. The summed E-state index contributed by atoms with van der Waals surface area (Å²) < 4.78 is 22.0. The number of carbonyl (C=O) groups is 2. The molecule has 3 N–H and O–H groups in total. The lowest BCUT2D eigenvalue weighted by Crippen LogP contribution is -2.29. The number of aryl methyl sites for hydroxylation is 2. The lowest BCUT2D eigenvalue weighted by Gasteiger charge is -2.18. The number of nitrogens with two attached hydrogens (primary N) is 1. The van der Waals surface area contributed by atoms with Crippen LogP contribution >= 0.6 is 11.3 Å². The number of rotatable bonds is 17. The van der Waals surface area contributed by atoms with Gasteiger partial charge in [-0.1, -0.05) is 36.4 Å². The van der Waals surface area contributed by atoms with E-state index in [0.29, 0.717) is 70.2 Å². The Bertz CT molecular complexity index is 1660. The number of hydrogen-bond acceptors (Lipinski definition) is 9. The second kappa shape index (κ2) is 17.1. The fourth-order valence-electron chi connectivity index (χ4n) is 5.37. The minimum atomic E-state index is -0.154. The van der Waals surface area contributed by atoms with Gasteiger partial charge in [-0.3, -0.25) is 9.59 Å². The Balaban J connectivity index is 1.09. The first-order valence-electron chi connectivity index (χ1n) is 15.9. The summed E-state index contributed by atoms with van der Waals surface area (Å²) in [6, 6.07) is 21.3. The quantitative estimate of drug-likeness (QED) is 0.149. The van der Waals surface area contributed by atoms with Crippen molar-refractivity contribution in [2.24, 2.45) is 5.73 Å². The number of hydrogen-bond donors (Lipinski definition) is 2. The minimum Gasteiger partial charge on any atom is -0.491 e. The van der Waals surface area contributed by atoms with E-state index < -0.39 is 0 Å². The molecule has 0 spiro atoms. The van der Waals surface area contributed by atoms with Crippen molar-refractivity contribution in [3.8, 4) is 17.0 Å². The van der Waals surface area contributed by atoms with E-state index in [-0.39, 0.29) is 18.2 Å². The van der Waals surface area contributed by atoms with Crippen LogP contribution in [-0.4, -0.2) is 76.1 Å². The normalized spacial score (nSPS) is 12.3. The third-order valence-electron chi connectivity index (χ3n) is 7.68. The van der Waals surface area contributed by atoms with Crippen LogP contribution < -0.4 is 20.7 Å². The van der Waals surface area contributed by atoms with Crippen molar-refractivity contribution in [3.05, 3.63) is 93.9 Å². The molecule has 47 heavy (non-hydrogen) atoms. The van der Waals surface area contributed by atoms with Gasteiger partial charge in [0.25, 0.3) is 5.91 Å². The predicted molar refractivity (Wildman–Crippen MR) is 185 cm³/mol. The number of nitrogens with zero attached hydrogens (tertiary/aromatic N) is 2. The lowest BCUT2D eigenvalue weighted by atomic mass is 10.0. The van der Waals surface area contributed by atoms with Crippen LogP contribution in [0.15, 0.2) is 66.7 Å². The molecule has 0 saturated heterocycles. The Labute approximate surface area is 279 Å². The lowest BCUT2D eigenvalue weighted by molar-refractivity contribution is -0.115. The number of amides is 2. The van der Waals surface area contributed by atoms with Crippen LogP contribution in [0.25, 0.3) is 11.3 Å². The van der Waals surface area contributed by atoms with Gasteiger partial charge in [-0.15, -0.1) is 11.3 Å². The Morgan fingerprint density at radius 3 is 2.40 bits per heavy atom. The second-order valence-electron chi connectivity index (χ2n) is 11.1. The van der Waals surface area contributed by atoms with E-state index in [2.05, 4.69) is 11.4 Å². The zero-order valence-electron chi connectivity index (χ0n) is 27.0. The average molecular weight is 659 g/mol. The molecule has 1 aliphatic rings. The molecule has 2 heterocycles. The molecule has 3 aromatic carbocycles. The summed E-state index contributed by atoms with van der Waals surface area (Å²) in [5.74, 6) is 0.544. The van der Waals surface area contributed by atoms with Crippen molar-refractivity contribution in [1.82, 2.24) is 4.98 Å². The summed E-state index contributed by atoms with van der Waals surface area (Å²) in [7, 11) is 0. The summed E-state index contributed by atoms with van der Waals surface area (Å²) in [5.41, 5.74) is 11.8. The standard InChI is InChI=1S/C36H42N4O6S/c1-25-6-3-4-9-31(25)35(42)40-14-12-28-24-29(10-11-32(28)40)34-26(2)47-36(39-34)38-33(41)23-27-7-5-8-30(22-27)46-21-20-45-19-18-44-17-16-43-15-13-37/h3-11,22,24H,12-21,23,37H2,1-2H3,(H,38,39,41). The Kier molecular flexibility index (Phi) is 12.5. The monoisotopic (exact) mass is 658 g/mol. The largest absolute Gasteiger partial charge is 0.491 e. The van der Waals surface area contributed by atoms with Gasteiger partial charge in [0.15, 0.2) is 5.13 Å². The highest BCUT2D eigenvalue weighted by Gasteiger charge is 2.27. The van der Waals surface area contributed by atoms with E-state index >= 15 is 0 Å². The van der Waals surface area contributed by atoms with Crippen molar-refractivity contribution in [1.29, 1.82) is 0 Å². The number of benzene rings is 3. The maximum atomic E-state index is 13.3. The molecule has 4 aromatic rings. The molecular formula is C36H42N4O6S. The molecule has 0 aliphatic carbocycles. The Morgan fingerprint density at radius 2 is 1.64 bits per heavy atom. The van der Waals surface area contributed by atoms with E-state index in [9.17, 15) is 9.59 Å². The second-order valence-corrected chi connectivity index (χ2v) is 12.3. The number of aromatic nitrogens is 1. The average Bonchev–Trinajstić information content (AvgIpc) is 3.66. The SMILES string of the molecule is Cc1ccccc1C(=O)N1CCc2cc(-c3nc(NC(=O)Cc4cccc(OCCOCCOCCOCCN)c4)sc3C)ccc21. The fraction of sp³-hybridized carbons (Fsp3) is 0.361. The van der Waals surface area contributed by atoms with Crippen LogP contribution in [0.3, 0.4) is 0 Å². The first-order chi connectivity index (χ1) is 22.9. The van der Waals surface area contributed by atoms with Crippen molar-refractivity contribution in [3.63, 3.8) is 0 Å². The van der Waals surface area contributed by atoms with Gasteiger partial charge >= 0.3 is 0 Å². The van der Waals surface area contributed by atoms with Gasteiger partial charge in [-0.2, -0.15) is 0 Å². The van der Waals surface area contributed by atoms with Crippen LogP contribution in [0.5, 0.6) is 5.75 Å². The number of carbonyl (C=O) groups excluding carboxylic acids is 2. The molecule has 0 bridgehead atoms. The molecule has 0 atom stereocenters. The van der Waals surface area contributed by atoms with Crippen molar-refractivity contribution < 1.29 is 28.5 Å². The highest BCUT2D eigenvalue weighted by Crippen LogP contribution is 2.36. The van der Waals surface area contributed by atoms with Gasteiger partial charge < -0.3 is 34.9 Å². The zero-order valence-corrected chi connectivity index (χ0v) is 27.8. The third kappa shape index (κ3) is 9.46. The third-order valence-corrected chi connectivity index (χ3v) is 8.56. The van der Waals surface area contributed by atoms with E-state index in [0.717, 1.165) is 50.5 Å². The molecule has 5 rings (SSSR count). The summed E-state index contributed by atoms with van der Waals surface area (Å²) in [6.07, 6.45) is 0.975. The van der Waals surface area contributed by atoms with Gasteiger partial charge in [-0.25, -0.2) is 4.98 Å². The Hall–Kier alpha value is -4.13. The highest BCUT2D eigenvalue weighted by atomic mass is 32.1. The number of nitrogens with one attached hydrogen (secondary N) is 1. The Morgan fingerprint density at radius 1 is 0.894 bits per heavy atom. The van der Waals surface area contributed by atoms with Crippen LogP contribution in [0.2, 0.25) is 0 Å². The highest BCUT2D eigenvalue weighted by molar-refractivity contribution is 7.16. The molecular weight excluding hydrogens is 616 g/mol. The molecule has 2 amide bonds. The molecule has 0 fully saturated rings. The van der Waals surface area contributed by atoms with Gasteiger partial charge in [0, 0.05) is 34.8 Å². The molecule has 248 valence electrons. The molecule has 1 aromatic heterocycles. The van der Waals surface area contributed by atoms with Gasteiger partial charge in [0.05, 0.1) is 51.8 Å². The molecule has 0 unspecified atom stereocenters. The van der Waals surface area contributed by atoms with Crippen LogP contribution in [0, 0.1) is 13.8 Å². The number of anilines is 2. The maximum absolute atomic E-state index is 13.3. The number of thiazole rings is 1. The van der Waals surface area contributed by atoms with Gasteiger partial charge in [-0.05, 0) is 67.3 Å². The fourth-order valence-corrected chi connectivity index (χ4v) is 6.23. The molecule has 11 heteroatoms. The van der Waals surface area contributed by atoms with Crippen LogP contribution in [-0.2, 0) is 31.8 Å². The van der Waals surface area contributed by atoms with Gasteiger partial charge in [0.1, 0.15) is 12.4 Å². The smallest absolute Gasteiger partial charge is 0.258 e. The molecule has 0 saturated carbocycles. The van der Waals surface area contributed by atoms with Crippen LogP contribution in [0.1, 0.15) is 31.9 Å². The number of ether oxygens (including phenoxy) is 4. The van der Waals surface area contributed by atoms with E-state index in [1.165, 1.54) is 11.3 Å². The summed E-state index contributed by atoms with van der Waals surface area (Å²) in [6.45, 7) is 8.45. The number of fused-ring (bicyclic) bond motifs is 1. The summed E-state index contributed by atoms with van der Waals surface area (Å²) in [4.78, 5) is 33.8. The van der Waals surface area contributed by atoms with Crippen LogP contribution in [0.4, 0.5) is 10.8 Å². The topological polar surface area (TPSA) is 125 Å². The molecule has 10 nitrogen and oxygen atoms in total. The molecule has 1 aliphatic heterocycles. The zero-order chi connectivity index (χ0) is 33.0. The van der Waals surface area contributed by atoms with Gasteiger partial charge in [0.2, 0.25) is 5.91 Å². The summed E-state index contributed by atoms with van der Waals surface area (Å²) in [5, 5.41) is 3.51. The summed E-state index contributed by atoms with van der Waals surface area (Å²) >= 11 is 1.45.